The molecule has 0 N–H and O–H groups in total. The van der Waals surface area contributed by atoms with Crippen molar-refractivity contribution in [1.29, 1.82) is 0 Å². The van der Waals surface area contributed by atoms with Gasteiger partial charge < -0.3 is 0 Å². The van der Waals surface area contributed by atoms with Crippen LogP contribution in [0.1, 0.15) is 13.8 Å². The molecule has 0 aromatic rings. The summed E-state index contributed by atoms with van der Waals surface area (Å²) in [6, 6.07) is 0. The molecule has 0 unspecified atom stereocenters. The van der Waals surface area contributed by atoms with Crippen LogP contribution >= 0.6 is 77.0 Å². The second-order valence-corrected chi connectivity index (χ2v) is 14.0. The van der Waals surface area contributed by atoms with Gasteiger partial charge in [0.15, 0.2) is 0 Å². The molecule has 0 saturated heterocycles. The monoisotopic (exact) mass is 320 g/mol. The van der Waals surface area contributed by atoms with E-state index < -0.39 is 0 Å². The highest BCUT2D eigenvalue weighted by atomic mass is 33.1. The summed E-state index contributed by atoms with van der Waals surface area (Å²) in [7, 11) is 0. The lowest BCUT2D eigenvalue weighted by atomic mass is 11.0. The third-order valence-electron chi connectivity index (χ3n) is 0.931. The summed E-state index contributed by atoms with van der Waals surface area (Å²) in [4.78, 5) is 0. The van der Waals surface area contributed by atoms with Crippen molar-refractivity contribution in [3.8, 4) is 0 Å². The standard InChI is InChI=1S/C7H13PS6/c1-4-11-6(9)13-8(3)14-7(10)12-5-2/h4-5H2,1-3H3. The normalized spacial score (nSPS) is 10.6. The molecule has 0 aromatic carbocycles. The maximum atomic E-state index is 5.23. The zero-order valence-corrected chi connectivity index (χ0v) is 14.1. The van der Waals surface area contributed by atoms with Crippen LogP contribution in [0, 0.1) is 0 Å². The molecule has 0 radical (unpaired) electrons. The fraction of sp³-hybridized carbons (Fsp3) is 0.714. The van der Waals surface area contributed by atoms with Crippen LogP contribution in [-0.2, 0) is 0 Å². The van der Waals surface area contributed by atoms with Gasteiger partial charge in [-0.1, -0.05) is 61.0 Å². The topological polar surface area (TPSA) is 0 Å². The highest BCUT2D eigenvalue weighted by Crippen LogP contribution is 2.61. The van der Waals surface area contributed by atoms with Crippen LogP contribution in [0.4, 0.5) is 0 Å². The molecule has 0 nitrogen and oxygen atoms in total. The lowest BCUT2D eigenvalue weighted by Crippen LogP contribution is -1.81. The summed E-state index contributed by atoms with van der Waals surface area (Å²) in [5.74, 6) is 2.13. The van der Waals surface area contributed by atoms with Crippen LogP contribution in [-0.4, -0.2) is 25.2 Å². The molecule has 0 atom stereocenters. The Morgan fingerprint density at radius 1 is 1.00 bits per heavy atom. The highest BCUT2D eigenvalue weighted by molar-refractivity contribution is 9.00. The van der Waals surface area contributed by atoms with Crippen molar-refractivity contribution in [1.82, 2.24) is 0 Å². The summed E-state index contributed by atoms with van der Waals surface area (Å²) >= 11 is 17.5. The van der Waals surface area contributed by atoms with Gasteiger partial charge in [-0.2, -0.15) is 0 Å². The van der Waals surface area contributed by atoms with Gasteiger partial charge in [-0.3, -0.25) is 0 Å². The van der Waals surface area contributed by atoms with Gasteiger partial charge in [0.25, 0.3) is 0 Å². The third-order valence-corrected chi connectivity index (χ3v) is 10.7. The first kappa shape index (κ1) is 16.0. The van der Waals surface area contributed by atoms with Gasteiger partial charge in [-0.05, 0) is 18.2 Å². The molecule has 0 aliphatic rings. The minimum Gasteiger partial charge on any atom is -0.108 e. The highest BCUT2D eigenvalue weighted by Gasteiger charge is 2.09. The minimum absolute atomic E-state index is 0.173. The number of thiocarbonyl (C=S) groups is 2. The molecular weight excluding hydrogens is 307 g/mol. The van der Waals surface area contributed by atoms with Gasteiger partial charge in [0, 0.05) is 6.33 Å². The van der Waals surface area contributed by atoms with Crippen molar-refractivity contribution < 1.29 is 0 Å². The predicted octanol–water partition coefficient (Wildman–Crippen LogP) is 5.47. The van der Waals surface area contributed by atoms with Gasteiger partial charge in [0.05, 0.1) is 0 Å². The lowest BCUT2D eigenvalue weighted by Gasteiger charge is -2.10. The largest absolute Gasteiger partial charge is 0.109 e. The zero-order valence-electron chi connectivity index (χ0n) is 8.31. The first-order chi connectivity index (χ1) is 6.60. The van der Waals surface area contributed by atoms with E-state index in [1.165, 1.54) is 0 Å². The summed E-state index contributed by atoms with van der Waals surface area (Å²) in [5.41, 5.74) is 0. The van der Waals surface area contributed by atoms with E-state index in [1.807, 2.05) is 0 Å². The van der Waals surface area contributed by atoms with Crippen LogP contribution < -0.4 is 0 Å². The molecule has 82 valence electrons. The third kappa shape index (κ3) is 9.25. The SMILES string of the molecule is CCSC(=S)SP(C)SC(=S)SCC. The maximum absolute atomic E-state index is 5.23. The van der Waals surface area contributed by atoms with Crippen molar-refractivity contribution in [3.63, 3.8) is 0 Å². The molecule has 0 aliphatic heterocycles. The molecule has 0 aromatic heterocycles. The number of hydrogen-bond donors (Lipinski definition) is 0. The summed E-state index contributed by atoms with van der Waals surface area (Å²) < 4.78 is 2.11. The fourth-order valence-corrected chi connectivity index (χ4v) is 13.0. The maximum Gasteiger partial charge on any atom is 0.109 e. The van der Waals surface area contributed by atoms with Crippen molar-refractivity contribution >= 4 is 84.1 Å². The van der Waals surface area contributed by atoms with E-state index in [-0.39, 0.29) is 6.33 Å². The predicted molar refractivity (Wildman–Crippen MR) is 89.5 cm³/mol. The Hall–Kier alpha value is 2.01. The molecule has 7 heteroatoms. The van der Waals surface area contributed by atoms with E-state index in [9.17, 15) is 0 Å². The van der Waals surface area contributed by atoms with E-state index >= 15 is 0 Å². The zero-order chi connectivity index (χ0) is 11.0. The second kappa shape index (κ2) is 10.2. The van der Waals surface area contributed by atoms with Gasteiger partial charge in [0.2, 0.25) is 0 Å². The van der Waals surface area contributed by atoms with Gasteiger partial charge in [0.1, 0.15) is 7.06 Å². The number of rotatable bonds is 4. The Labute approximate surface area is 115 Å². The Kier molecular flexibility index (Phi) is 11.6. The van der Waals surface area contributed by atoms with Crippen molar-refractivity contribution in [2.75, 3.05) is 18.2 Å². The van der Waals surface area contributed by atoms with Crippen LogP contribution in [0.15, 0.2) is 0 Å². The van der Waals surface area contributed by atoms with E-state index in [0.29, 0.717) is 0 Å². The van der Waals surface area contributed by atoms with Gasteiger partial charge in [-0.15, -0.1) is 23.5 Å². The second-order valence-electron chi connectivity index (χ2n) is 1.99. The summed E-state index contributed by atoms with van der Waals surface area (Å²) in [6.45, 7) is 6.47. The molecular formula is C7H13PS6. The first-order valence-corrected chi connectivity index (χ1v) is 11.4. The van der Waals surface area contributed by atoms with E-state index in [0.717, 1.165) is 18.6 Å². The van der Waals surface area contributed by atoms with E-state index in [1.54, 1.807) is 46.3 Å². The Bertz CT molecular complexity index is 175. The van der Waals surface area contributed by atoms with Gasteiger partial charge >= 0.3 is 0 Å². The van der Waals surface area contributed by atoms with Crippen molar-refractivity contribution in [2.24, 2.45) is 0 Å². The van der Waals surface area contributed by atoms with Crippen LogP contribution in [0.25, 0.3) is 0 Å². The van der Waals surface area contributed by atoms with Crippen molar-refractivity contribution in [3.05, 3.63) is 0 Å². The summed E-state index contributed by atoms with van der Waals surface area (Å²) in [5, 5.41) is 0. The average Bonchev–Trinajstić information content (AvgIpc) is 2.03. The average molecular weight is 321 g/mol. The van der Waals surface area contributed by atoms with Crippen LogP contribution in [0.3, 0.4) is 0 Å². The fourth-order valence-electron chi connectivity index (χ4n) is 0.517. The Balaban J connectivity index is 3.68. The molecule has 0 heterocycles. The summed E-state index contributed by atoms with van der Waals surface area (Å²) in [6.07, 6.45) is -0.173. The molecule has 0 saturated carbocycles. The molecule has 14 heavy (non-hydrogen) atoms. The minimum atomic E-state index is -0.173. The first-order valence-electron chi connectivity index (χ1n) is 4.03. The smallest absolute Gasteiger partial charge is 0.108 e. The molecule has 0 bridgehead atoms. The van der Waals surface area contributed by atoms with E-state index in [2.05, 4.69) is 20.5 Å². The lowest BCUT2D eigenvalue weighted by molar-refractivity contribution is 1.54. The molecule has 0 aliphatic carbocycles. The Morgan fingerprint density at radius 2 is 1.36 bits per heavy atom. The number of hydrogen-bond acceptors (Lipinski definition) is 6. The van der Waals surface area contributed by atoms with Crippen LogP contribution in [0.2, 0.25) is 0 Å². The Morgan fingerprint density at radius 3 is 1.64 bits per heavy atom. The van der Waals surface area contributed by atoms with Crippen molar-refractivity contribution in [2.45, 2.75) is 13.8 Å². The van der Waals surface area contributed by atoms with Crippen LogP contribution in [0.5, 0.6) is 0 Å². The molecule has 0 fully saturated rings. The molecule has 0 rings (SSSR count). The molecule has 0 spiro atoms. The number of thioether (sulfide) groups is 2. The molecule has 0 amide bonds. The quantitative estimate of drug-likeness (QED) is 0.494. The van der Waals surface area contributed by atoms with E-state index in [4.69, 9.17) is 24.4 Å². The van der Waals surface area contributed by atoms with Gasteiger partial charge in [-0.25, -0.2) is 0 Å².